The normalized spacial score (nSPS) is 21.2. The van der Waals surface area contributed by atoms with Gasteiger partial charge < -0.3 is 20.8 Å². The zero-order valence-corrected chi connectivity index (χ0v) is 13.2. The summed E-state index contributed by atoms with van der Waals surface area (Å²) in [5.41, 5.74) is 1.02. The van der Waals surface area contributed by atoms with Crippen LogP contribution in [0.15, 0.2) is 24.3 Å². The Morgan fingerprint density at radius 1 is 1.39 bits per heavy atom. The predicted molar refractivity (Wildman–Crippen MR) is 86.1 cm³/mol. The Labute approximate surface area is 135 Å². The smallest absolute Gasteiger partial charge is 0.251 e. The summed E-state index contributed by atoms with van der Waals surface area (Å²) in [6, 6.07) is 6.52. The van der Waals surface area contributed by atoms with Crippen LogP contribution >= 0.6 is 0 Å². The minimum atomic E-state index is -0.513. The number of aliphatic hydroxyl groups is 2. The fourth-order valence-corrected chi connectivity index (χ4v) is 2.73. The SMILES string of the molecule is CCNC(=O)c1cccc(NC(=O)CN2CC(O)CC2CO)c1. The third-order valence-corrected chi connectivity index (χ3v) is 3.81. The Morgan fingerprint density at radius 2 is 2.17 bits per heavy atom. The molecule has 1 aliphatic rings. The van der Waals surface area contributed by atoms with Gasteiger partial charge in [0.15, 0.2) is 0 Å². The molecule has 7 nitrogen and oxygen atoms in total. The maximum absolute atomic E-state index is 12.1. The summed E-state index contributed by atoms with van der Waals surface area (Å²) in [5.74, 6) is -0.433. The van der Waals surface area contributed by atoms with E-state index in [9.17, 15) is 19.8 Å². The second-order valence-electron chi connectivity index (χ2n) is 5.64. The summed E-state index contributed by atoms with van der Waals surface area (Å²) >= 11 is 0. The van der Waals surface area contributed by atoms with Gasteiger partial charge in [0.05, 0.1) is 19.3 Å². The quantitative estimate of drug-likeness (QED) is 0.581. The number of rotatable bonds is 6. The highest BCUT2D eigenvalue weighted by Gasteiger charge is 2.31. The number of anilines is 1. The molecule has 2 rings (SSSR count). The van der Waals surface area contributed by atoms with Gasteiger partial charge in [0, 0.05) is 30.4 Å². The molecule has 7 heteroatoms. The predicted octanol–water partition coefficient (Wildman–Crippen LogP) is -0.198. The Bertz CT molecular complexity index is 564. The number of nitrogens with one attached hydrogen (secondary N) is 2. The van der Waals surface area contributed by atoms with Crippen molar-refractivity contribution < 1.29 is 19.8 Å². The molecule has 23 heavy (non-hydrogen) atoms. The van der Waals surface area contributed by atoms with Crippen LogP contribution in [0.25, 0.3) is 0 Å². The Balaban J connectivity index is 1.95. The first-order chi connectivity index (χ1) is 11.0. The van der Waals surface area contributed by atoms with Crippen LogP contribution in [0.5, 0.6) is 0 Å². The van der Waals surface area contributed by atoms with Gasteiger partial charge in [0.25, 0.3) is 5.91 Å². The Morgan fingerprint density at radius 3 is 2.87 bits per heavy atom. The topological polar surface area (TPSA) is 102 Å². The van der Waals surface area contributed by atoms with Crippen molar-refractivity contribution in [3.63, 3.8) is 0 Å². The molecule has 4 N–H and O–H groups in total. The second kappa shape index (κ2) is 8.05. The van der Waals surface area contributed by atoms with Crippen LogP contribution < -0.4 is 10.6 Å². The second-order valence-corrected chi connectivity index (χ2v) is 5.64. The molecule has 0 spiro atoms. The molecule has 1 fully saturated rings. The van der Waals surface area contributed by atoms with Gasteiger partial charge in [-0.25, -0.2) is 0 Å². The van der Waals surface area contributed by atoms with Gasteiger partial charge in [0.1, 0.15) is 0 Å². The summed E-state index contributed by atoms with van der Waals surface area (Å²) in [6.07, 6.45) is -0.0442. The van der Waals surface area contributed by atoms with E-state index in [4.69, 9.17) is 0 Å². The molecule has 0 aromatic heterocycles. The summed E-state index contributed by atoms with van der Waals surface area (Å²) in [7, 11) is 0. The minimum absolute atomic E-state index is 0.0863. The van der Waals surface area contributed by atoms with Crippen molar-refractivity contribution in [3.8, 4) is 0 Å². The molecule has 1 aliphatic heterocycles. The van der Waals surface area contributed by atoms with Crippen molar-refractivity contribution in [2.24, 2.45) is 0 Å². The average Bonchev–Trinajstić information content (AvgIpc) is 2.87. The number of nitrogens with zero attached hydrogens (tertiary/aromatic N) is 1. The van der Waals surface area contributed by atoms with E-state index in [1.807, 2.05) is 6.92 Å². The van der Waals surface area contributed by atoms with Crippen LogP contribution in [0.1, 0.15) is 23.7 Å². The number of carbonyl (C=O) groups is 2. The van der Waals surface area contributed by atoms with Crippen molar-refractivity contribution in [2.45, 2.75) is 25.5 Å². The fourth-order valence-electron chi connectivity index (χ4n) is 2.73. The van der Waals surface area contributed by atoms with E-state index in [0.717, 1.165) is 0 Å². The Kier molecular flexibility index (Phi) is 6.09. The van der Waals surface area contributed by atoms with Crippen molar-refractivity contribution in [1.29, 1.82) is 0 Å². The first-order valence-corrected chi connectivity index (χ1v) is 7.74. The maximum Gasteiger partial charge on any atom is 0.251 e. The van der Waals surface area contributed by atoms with E-state index in [1.165, 1.54) is 0 Å². The number of aliphatic hydroxyl groups excluding tert-OH is 2. The maximum atomic E-state index is 12.1. The monoisotopic (exact) mass is 321 g/mol. The molecule has 1 saturated heterocycles. The van der Waals surface area contributed by atoms with Gasteiger partial charge in [-0.3, -0.25) is 14.5 Å². The molecule has 1 aromatic carbocycles. The third-order valence-electron chi connectivity index (χ3n) is 3.81. The van der Waals surface area contributed by atoms with E-state index in [-0.39, 0.29) is 31.0 Å². The molecule has 0 bridgehead atoms. The third kappa shape index (κ3) is 4.75. The van der Waals surface area contributed by atoms with Gasteiger partial charge in [0.2, 0.25) is 5.91 Å². The number of β-amino-alcohol motifs (C(OH)–C–C–N with tert-alkyl or cyclic N) is 1. The molecule has 0 radical (unpaired) electrons. The first-order valence-electron chi connectivity index (χ1n) is 7.74. The van der Waals surface area contributed by atoms with Crippen LogP contribution in [0, 0.1) is 0 Å². The van der Waals surface area contributed by atoms with Crippen LogP contribution in [0.3, 0.4) is 0 Å². The zero-order valence-electron chi connectivity index (χ0n) is 13.2. The van der Waals surface area contributed by atoms with Gasteiger partial charge in [-0.1, -0.05) is 6.07 Å². The molecule has 1 aromatic rings. The van der Waals surface area contributed by atoms with E-state index in [2.05, 4.69) is 10.6 Å². The first kappa shape index (κ1) is 17.4. The van der Waals surface area contributed by atoms with Crippen LogP contribution in [0.2, 0.25) is 0 Å². The van der Waals surface area contributed by atoms with Gasteiger partial charge >= 0.3 is 0 Å². The molecule has 0 aliphatic carbocycles. The summed E-state index contributed by atoms with van der Waals surface area (Å²) in [6.45, 7) is 2.75. The highest BCUT2D eigenvalue weighted by atomic mass is 16.3. The van der Waals surface area contributed by atoms with Gasteiger partial charge in [-0.2, -0.15) is 0 Å². The van der Waals surface area contributed by atoms with Crippen LogP contribution in [0.4, 0.5) is 5.69 Å². The Hall–Kier alpha value is -1.96. The molecule has 2 amide bonds. The highest BCUT2D eigenvalue weighted by molar-refractivity contribution is 5.97. The van der Waals surface area contributed by atoms with E-state index < -0.39 is 6.10 Å². The number of amides is 2. The molecule has 2 unspecified atom stereocenters. The van der Waals surface area contributed by atoms with Crippen molar-refractivity contribution in [1.82, 2.24) is 10.2 Å². The standard InChI is InChI=1S/C16H23N3O4/c1-2-17-16(23)11-4-3-5-12(6-11)18-15(22)9-19-8-14(21)7-13(19)10-20/h3-6,13-14,20-21H,2,7-10H2,1H3,(H,17,23)(H,18,22). The lowest BCUT2D eigenvalue weighted by molar-refractivity contribution is -0.117. The summed E-state index contributed by atoms with van der Waals surface area (Å²) in [5, 5.41) is 24.3. The van der Waals surface area contributed by atoms with Gasteiger partial charge in [-0.15, -0.1) is 0 Å². The lowest BCUT2D eigenvalue weighted by Crippen LogP contribution is -2.38. The van der Waals surface area contributed by atoms with Crippen molar-refractivity contribution >= 4 is 17.5 Å². The van der Waals surface area contributed by atoms with E-state index in [0.29, 0.717) is 30.8 Å². The summed E-state index contributed by atoms with van der Waals surface area (Å²) in [4.78, 5) is 25.7. The van der Waals surface area contributed by atoms with Crippen molar-refractivity contribution in [3.05, 3.63) is 29.8 Å². The van der Waals surface area contributed by atoms with Crippen LogP contribution in [-0.2, 0) is 4.79 Å². The number of hydrogen-bond donors (Lipinski definition) is 4. The van der Waals surface area contributed by atoms with E-state index in [1.54, 1.807) is 29.2 Å². The number of likely N-dealkylation sites (tertiary alicyclic amines) is 1. The number of carbonyl (C=O) groups excluding carboxylic acids is 2. The van der Waals surface area contributed by atoms with Gasteiger partial charge in [-0.05, 0) is 31.5 Å². The summed E-state index contributed by atoms with van der Waals surface area (Å²) < 4.78 is 0. The van der Waals surface area contributed by atoms with E-state index >= 15 is 0 Å². The molecule has 2 atom stereocenters. The zero-order chi connectivity index (χ0) is 16.8. The molecule has 0 saturated carbocycles. The lowest BCUT2D eigenvalue weighted by Gasteiger charge is -2.21. The molecule has 1 heterocycles. The molecular formula is C16H23N3O4. The van der Waals surface area contributed by atoms with Crippen molar-refractivity contribution in [2.75, 3.05) is 31.6 Å². The lowest BCUT2D eigenvalue weighted by atomic mass is 10.2. The molecular weight excluding hydrogens is 298 g/mol. The number of hydrogen-bond acceptors (Lipinski definition) is 5. The van der Waals surface area contributed by atoms with Crippen LogP contribution in [-0.4, -0.2) is 65.3 Å². The average molecular weight is 321 g/mol. The highest BCUT2D eigenvalue weighted by Crippen LogP contribution is 2.17. The minimum Gasteiger partial charge on any atom is -0.395 e. The fraction of sp³-hybridized carbons (Fsp3) is 0.500. The molecule has 126 valence electrons. The largest absolute Gasteiger partial charge is 0.395 e. The number of benzene rings is 1.